The highest BCUT2D eigenvalue weighted by molar-refractivity contribution is 5.33. The van der Waals surface area contributed by atoms with E-state index in [-0.39, 0.29) is 0 Å². The molecule has 0 aliphatic heterocycles. The van der Waals surface area contributed by atoms with Gasteiger partial charge in [0.05, 0.1) is 0 Å². The van der Waals surface area contributed by atoms with Crippen LogP contribution in [0.25, 0.3) is 0 Å². The van der Waals surface area contributed by atoms with Crippen LogP contribution in [0, 0.1) is 34.0 Å². The standard InChI is InChI=1S/C14H24/c1-6-14-8-10(3)13(14,5)12(4)7-9(2)11(12)14/h9-11H,6-8H2,1-5H3. The van der Waals surface area contributed by atoms with Gasteiger partial charge in [-0.1, -0.05) is 34.6 Å². The monoisotopic (exact) mass is 192 g/mol. The Balaban J connectivity index is 2.01. The number of hydrogen-bond acceptors (Lipinski definition) is 0. The van der Waals surface area contributed by atoms with Crippen molar-refractivity contribution in [3.63, 3.8) is 0 Å². The Morgan fingerprint density at radius 3 is 2.21 bits per heavy atom. The molecule has 0 radical (unpaired) electrons. The Hall–Kier alpha value is 0. The second-order valence-corrected chi connectivity index (χ2v) is 6.89. The van der Waals surface area contributed by atoms with E-state index in [2.05, 4.69) is 34.6 Å². The van der Waals surface area contributed by atoms with Crippen LogP contribution in [0.3, 0.4) is 0 Å². The maximum absolute atomic E-state index is 2.59. The summed E-state index contributed by atoms with van der Waals surface area (Å²) in [4.78, 5) is 0. The molecule has 3 saturated carbocycles. The molecule has 3 aliphatic rings. The van der Waals surface area contributed by atoms with E-state index in [1.807, 2.05) is 0 Å². The predicted molar refractivity (Wildman–Crippen MR) is 60.0 cm³/mol. The summed E-state index contributed by atoms with van der Waals surface area (Å²) >= 11 is 0. The van der Waals surface area contributed by atoms with E-state index in [0.717, 1.165) is 28.6 Å². The predicted octanol–water partition coefficient (Wildman–Crippen LogP) is 4.10. The van der Waals surface area contributed by atoms with Gasteiger partial charge in [0.25, 0.3) is 0 Å². The summed E-state index contributed by atoms with van der Waals surface area (Å²) in [5.74, 6) is 3.07. The highest BCUT2D eigenvalue weighted by atomic mass is 14.9. The molecule has 3 rings (SSSR count). The first kappa shape index (κ1) is 9.24. The van der Waals surface area contributed by atoms with Crippen LogP contribution in [-0.2, 0) is 0 Å². The first-order valence-corrected chi connectivity index (χ1v) is 6.44. The van der Waals surface area contributed by atoms with Crippen molar-refractivity contribution in [1.82, 2.24) is 0 Å². The summed E-state index contributed by atoms with van der Waals surface area (Å²) in [6, 6.07) is 0. The van der Waals surface area contributed by atoms with Crippen molar-refractivity contribution in [1.29, 1.82) is 0 Å². The van der Waals surface area contributed by atoms with Gasteiger partial charge in [0.15, 0.2) is 0 Å². The minimum atomic E-state index is 0.700. The normalized spacial score (nSPS) is 69.6. The molecule has 0 amide bonds. The molecule has 6 atom stereocenters. The lowest BCUT2D eigenvalue weighted by atomic mass is 9.14. The molecule has 0 heteroatoms. The molecular formula is C14H24. The highest BCUT2D eigenvalue weighted by Crippen LogP contribution is 2.91. The maximum atomic E-state index is 2.59. The molecule has 3 fully saturated rings. The van der Waals surface area contributed by atoms with Gasteiger partial charge in [0.2, 0.25) is 0 Å². The van der Waals surface area contributed by atoms with Gasteiger partial charge < -0.3 is 0 Å². The van der Waals surface area contributed by atoms with Crippen LogP contribution >= 0.6 is 0 Å². The zero-order valence-electron chi connectivity index (χ0n) is 10.4. The smallest absolute Gasteiger partial charge is 0.0184 e. The zero-order valence-corrected chi connectivity index (χ0v) is 10.4. The quantitative estimate of drug-likeness (QED) is 0.586. The molecule has 3 aliphatic carbocycles. The molecule has 0 bridgehead atoms. The second-order valence-electron chi connectivity index (χ2n) is 6.89. The van der Waals surface area contributed by atoms with Crippen molar-refractivity contribution < 1.29 is 0 Å². The van der Waals surface area contributed by atoms with Gasteiger partial charge in [0.1, 0.15) is 0 Å². The Labute approximate surface area is 88.5 Å². The van der Waals surface area contributed by atoms with Crippen LogP contribution in [-0.4, -0.2) is 0 Å². The van der Waals surface area contributed by atoms with E-state index in [4.69, 9.17) is 0 Å². The summed E-state index contributed by atoms with van der Waals surface area (Å²) in [6.07, 6.45) is 4.45. The third-order valence-corrected chi connectivity index (χ3v) is 7.10. The Morgan fingerprint density at radius 2 is 1.79 bits per heavy atom. The van der Waals surface area contributed by atoms with Crippen molar-refractivity contribution in [2.45, 2.75) is 53.9 Å². The molecule has 6 unspecified atom stereocenters. The van der Waals surface area contributed by atoms with E-state index in [1.165, 1.54) is 19.3 Å². The lowest BCUT2D eigenvalue weighted by Gasteiger charge is -2.90. The molecule has 14 heavy (non-hydrogen) atoms. The number of rotatable bonds is 1. The van der Waals surface area contributed by atoms with Crippen LogP contribution in [0.2, 0.25) is 0 Å². The lowest BCUT2D eigenvalue weighted by molar-refractivity contribution is -0.424. The summed E-state index contributed by atoms with van der Waals surface area (Å²) in [5, 5.41) is 0. The van der Waals surface area contributed by atoms with Crippen molar-refractivity contribution >= 4 is 0 Å². The van der Waals surface area contributed by atoms with Gasteiger partial charge in [-0.05, 0) is 53.3 Å². The molecular weight excluding hydrogens is 168 g/mol. The van der Waals surface area contributed by atoms with Crippen LogP contribution in [0.5, 0.6) is 0 Å². The van der Waals surface area contributed by atoms with Gasteiger partial charge in [-0.3, -0.25) is 0 Å². The topological polar surface area (TPSA) is 0 Å². The molecule has 0 saturated heterocycles. The van der Waals surface area contributed by atoms with E-state index >= 15 is 0 Å². The molecule has 0 aromatic carbocycles. The molecule has 0 aromatic heterocycles. The average molecular weight is 192 g/mol. The molecule has 0 N–H and O–H groups in total. The van der Waals surface area contributed by atoms with Crippen LogP contribution in [0.15, 0.2) is 0 Å². The van der Waals surface area contributed by atoms with Crippen LogP contribution < -0.4 is 0 Å². The van der Waals surface area contributed by atoms with E-state index in [0.29, 0.717) is 5.41 Å². The van der Waals surface area contributed by atoms with Gasteiger partial charge in [-0.2, -0.15) is 0 Å². The summed E-state index contributed by atoms with van der Waals surface area (Å²) in [5.41, 5.74) is 2.19. The van der Waals surface area contributed by atoms with Gasteiger partial charge in [-0.25, -0.2) is 0 Å². The summed E-state index contributed by atoms with van der Waals surface area (Å²) in [7, 11) is 0. The van der Waals surface area contributed by atoms with Gasteiger partial charge in [0, 0.05) is 0 Å². The minimum Gasteiger partial charge on any atom is -0.0648 e. The molecule has 0 heterocycles. The Kier molecular flexibility index (Phi) is 1.37. The van der Waals surface area contributed by atoms with E-state index in [9.17, 15) is 0 Å². The third-order valence-electron chi connectivity index (χ3n) is 7.10. The highest BCUT2D eigenvalue weighted by Gasteiger charge is 2.85. The molecule has 0 spiro atoms. The van der Waals surface area contributed by atoms with Crippen molar-refractivity contribution in [2.75, 3.05) is 0 Å². The van der Waals surface area contributed by atoms with E-state index in [1.54, 1.807) is 0 Å². The molecule has 0 aromatic rings. The fraction of sp³-hybridized carbons (Fsp3) is 1.00. The second kappa shape index (κ2) is 2.08. The lowest BCUT2D eigenvalue weighted by Crippen LogP contribution is -2.84. The minimum absolute atomic E-state index is 0.700. The summed E-state index contributed by atoms with van der Waals surface area (Å²) < 4.78 is 0. The van der Waals surface area contributed by atoms with Gasteiger partial charge in [-0.15, -0.1) is 0 Å². The number of hydrogen-bond donors (Lipinski definition) is 0. The van der Waals surface area contributed by atoms with Gasteiger partial charge >= 0.3 is 0 Å². The first-order chi connectivity index (χ1) is 6.44. The van der Waals surface area contributed by atoms with Crippen LogP contribution in [0.1, 0.15) is 53.9 Å². The van der Waals surface area contributed by atoms with Crippen molar-refractivity contribution in [3.8, 4) is 0 Å². The average Bonchev–Trinajstić information content (AvgIpc) is 2.13. The maximum Gasteiger partial charge on any atom is -0.0184 e. The largest absolute Gasteiger partial charge is 0.0648 e. The third kappa shape index (κ3) is 0.517. The Morgan fingerprint density at radius 1 is 1.14 bits per heavy atom. The van der Waals surface area contributed by atoms with Crippen molar-refractivity contribution in [3.05, 3.63) is 0 Å². The Bertz CT molecular complexity index is 294. The summed E-state index contributed by atoms with van der Waals surface area (Å²) in [6.45, 7) is 12.5. The first-order valence-electron chi connectivity index (χ1n) is 6.44. The fourth-order valence-electron chi connectivity index (χ4n) is 6.63. The zero-order chi connectivity index (χ0) is 10.4. The van der Waals surface area contributed by atoms with E-state index < -0.39 is 0 Å². The van der Waals surface area contributed by atoms with Crippen molar-refractivity contribution in [2.24, 2.45) is 34.0 Å². The molecule has 80 valence electrons. The fourth-order valence-corrected chi connectivity index (χ4v) is 6.63. The van der Waals surface area contributed by atoms with Crippen LogP contribution in [0.4, 0.5) is 0 Å². The SMILES string of the molecule is CCC12CC(C)C1(C)C1(C)CC(C)C12. The number of fused-ring (bicyclic) bond motifs is 4. The molecule has 0 nitrogen and oxygen atoms in total.